The minimum absolute atomic E-state index is 0.00332. The number of benzene rings is 2. The fraction of sp³-hybridized carbons (Fsp3) is 0.364. The van der Waals surface area contributed by atoms with Crippen molar-refractivity contribution in [3.05, 3.63) is 60.2 Å². The van der Waals surface area contributed by atoms with Gasteiger partial charge in [-0.15, -0.1) is 0 Å². The Morgan fingerprint density at radius 3 is 2.41 bits per heavy atom. The number of rotatable bonds is 6. The summed E-state index contributed by atoms with van der Waals surface area (Å²) in [6.45, 7) is 3.92. The quantitative estimate of drug-likeness (QED) is 0.845. The van der Waals surface area contributed by atoms with Crippen molar-refractivity contribution in [3.8, 4) is 11.5 Å². The molecule has 1 N–H and O–H groups in total. The highest BCUT2D eigenvalue weighted by Crippen LogP contribution is 2.27. The van der Waals surface area contributed by atoms with Crippen LogP contribution in [-0.4, -0.2) is 36.3 Å². The van der Waals surface area contributed by atoms with Gasteiger partial charge < -0.3 is 15.0 Å². The van der Waals surface area contributed by atoms with Crippen molar-refractivity contribution in [1.29, 1.82) is 0 Å². The Hall–Kier alpha value is -2.82. The second-order valence-electron chi connectivity index (χ2n) is 6.77. The lowest BCUT2D eigenvalue weighted by atomic mass is 9.95. The SMILES string of the molecule is CCCNC(=O)C1CCN(C(=O)c2ccccc2Oc2ccccc2)CC1. The van der Waals surface area contributed by atoms with Gasteiger partial charge in [-0.05, 0) is 43.5 Å². The fourth-order valence-corrected chi connectivity index (χ4v) is 3.26. The first kappa shape index (κ1) is 19.0. The summed E-state index contributed by atoms with van der Waals surface area (Å²) in [5, 5.41) is 2.95. The molecule has 5 heteroatoms. The molecule has 2 aromatic rings. The first-order valence-corrected chi connectivity index (χ1v) is 9.58. The van der Waals surface area contributed by atoms with Crippen LogP contribution in [0, 0.1) is 5.92 Å². The number of nitrogens with one attached hydrogen (secondary N) is 1. The molecule has 0 unspecified atom stereocenters. The third-order valence-electron chi connectivity index (χ3n) is 4.79. The van der Waals surface area contributed by atoms with Crippen LogP contribution in [0.15, 0.2) is 54.6 Å². The summed E-state index contributed by atoms with van der Waals surface area (Å²) >= 11 is 0. The van der Waals surface area contributed by atoms with Gasteiger partial charge >= 0.3 is 0 Å². The average Bonchev–Trinajstić information content (AvgIpc) is 2.73. The lowest BCUT2D eigenvalue weighted by Crippen LogP contribution is -2.43. The zero-order chi connectivity index (χ0) is 19.1. The molecule has 0 radical (unpaired) electrons. The van der Waals surface area contributed by atoms with E-state index in [1.54, 1.807) is 6.07 Å². The van der Waals surface area contributed by atoms with Gasteiger partial charge in [-0.3, -0.25) is 9.59 Å². The van der Waals surface area contributed by atoms with Gasteiger partial charge in [0.15, 0.2) is 0 Å². The van der Waals surface area contributed by atoms with Crippen molar-refractivity contribution < 1.29 is 14.3 Å². The van der Waals surface area contributed by atoms with E-state index in [9.17, 15) is 9.59 Å². The summed E-state index contributed by atoms with van der Waals surface area (Å²) in [6, 6.07) is 16.7. The van der Waals surface area contributed by atoms with Crippen molar-refractivity contribution in [2.75, 3.05) is 19.6 Å². The number of piperidine rings is 1. The van der Waals surface area contributed by atoms with Crippen molar-refractivity contribution in [2.45, 2.75) is 26.2 Å². The van der Waals surface area contributed by atoms with E-state index >= 15 is 0 Å². The minimum Gasteiger partial charge on any atom is -0.457 e. The van der Waals surface area contributed by atoms with Crippen LogP contribution in [0.1, 0.15) is 36.5 Å². The summed E-state index contributed by atoms with van der Waals surface area (Å²) in [5.41, 5.74) is 0.551. The molecule has 1 heterocycles. The van der Waals surface area contributed by atoms with E-state index < -0.39 is 0 Å². The van der Waals surface area contributed by atoms with E-state index in [1.165, 1.54) is 0 Å². The zero-order valence-corrected chi connectivity index (χ0v) is 15.7. The van der Waals surface area contributed by atoms with Crippen LogP contribution in [0.4, 0.5) is 0 Å². The topological polar surface area (TPSA) is 58.6 Å². The van der Waals surface area contributed by atoms with Gasteiger partial charge in [0.05, 0.1) is 5.56 Å². The van der Waals surface area contributed by atoms with Crippen molar-refractivity contribution in [2.24, 2.45) is 5.92 Å². The van der Waals surface area contributed by atoms with Gasteiger partial charge in [-0.2, -0.15) is 0 Å². The van der Waals surface area contributed by atoms with Gasteiger partial charge in [0, 0.05) is 25.6 Å². The lowest BCUT2D eigenvalue weighted by Gasteiger charge is -2.31. The van der Waals surface area contributed by atoms with E-state index in [0.29, 0.717) is 49.5 Å². The van der Waals surface area contributed by atoms with Gasteiger partial charge in [0.2, 0.25) is 5.91 Å². The molecule has 1 fully saturated rings. The first-order chi connectivity index (χ1) is 13.2. The van der Waals surface area contributed by atoms with Crippen molar-refractivity contribution in [3.63, 3.8) is 0 Å². The normalized spacial score (nSPS) is 14.6. The number of likely N-dealkylation sites (tertiary alicyclic amines) is 1. The first-order valence-electron chi connectivity index (χ1n) is 9.58. The van der Waals surface area contributed by atoms with Crippen molar-refractivity contribution >= 4 is 11.8 Å². The molecule has 0 aromatic heterocycles. The molecule has 142 valence electrons. The molecule has 0 atom stereocenters. The second-order valence-corrected chi connectivity index (χ2v) is 6.77. The Bertz CT molecular complexity index is 768. The second kappa shape index (κ2) is 9.21. The number of carbonyl (C=O) groups excluding carboxylic acids is 2. The number of carbonyl (C=O) groups is 2. The van der Waals surface area contributed by atoms with Gasteiger partial charge in [0.25, 0.3) is 5.91 Å². The van der Waals surface area contributed by atoms with E-state index in [1.807, 2.05) is 60.4 Å². The maximum atomic E-state index is 13.0. The summed E-state index contributed by atoms with van der Waals surface area (Å²) in [5.74, 6) is 1.31. The summed E-state index contributed by atoms with van der Waals surface area (Å²) in [7, 11) is 0. The highest BCUT2D eigenvalue weighted by atomic mass is 16.5. The van der Waals surface area contributed by atoms with Crippen LogP contribution < -0.4 is 10.1 Å². The third kappa shape index (κ3) is 4.88. The number of hydrogen-bond donors (Lipinski definition) is 1. The van der Waals surface area contributed by atoms with Gasteiger partial charge in [-0.25, -0.2) is 0 Å². The highest BCUT2D eigenvalue weighted by Gasteiger charge is 2.28. The van der Waals surface area contributed by atoms with Crippen LogP contribution in [-0.2, 0) is 4.79 Å². The van der Waals surface area contributed by atoms with Crippen LogP contribution in [0.2, 0.25) is 0 Å². The van der Waals surface area contributed by atoms with E-state index in [0.717, 1.165) is 6.42 Å². The number of hydrogen-bond acceptors (Lipinski definition) is 3. The van der Waals surface area contributed by atoms with Crippen LogP contribution >= 0.6 is 0 Å². The third-order valence-corrected chi connectivity index (χ3v) is 4.79. The molecule has 0 spiro atoms. The predicted molar refractivity (Wildman–Crippen MR) is 105 cm³/mol. The Balaban J connectivity index is 1.64. The Kier molecular flexibility index (Phi) is 6.47. The van der Waals surface area contributed by atoms with E-state index in [2.05, 4.69) is 5.32 Å². The molecule has 1 aliphatic heterocycles. The monoisotopic (exact) mass is 366 g/mol. The smallest absolute Gasteiger partial charge is 0.257 e. The molecule has 0 bridgehead atoms. The maximum Gasteiger partial charge on any atom is 0.257 e. The highest BCUT2D eigenvalue weighted by molar-refractivity contribution is 5.97. The molecule has 27 heavy (non-hydrogen) atoms. The average molecular weight is 366 g/mol. The summed E-state index contributed by atoms with van der Waals surface area (Å²) in [6.07, 6.45) is 2.33. The van der Waals surface area contributed by atoms with Crippen LogP contribution in [0.3, 0.4) is 0 Å². The van der Waals surface area contributed by atoms with E-state index in [4.69, 9.17) is 4.74 Å². The molecule has 1 saturated heterocycles. The maximum absolute atomic E-state index is 13.0. The molecule has 3 rings (SSSR count). The minimum atomic E-state index is -0.0473. The largest absolute Gasteiger partial charge is 0.457 e. The number of amides is 2. The predicted octanol–water partition coefficient (Wildman–Crippen LogP) is 3.86. The molecule has 0 aliphatic carbocycles. The number of para-hydroxylation sites is 2. The standard InChI is InChI=1S/C22H26N2O3/c1-2-14-23-21(25)17-12-15-24(16-13-17)22(26)19-10-6-7-11-20(19)27-18-8-4-3-5-9-18/h3-11,17H,2,12-16H2,1H3,(H,23,25). The molecule has 5 nitrogen and oxygen atoms in total. The van der Waals surface area contributed by atoms with Crippen LogP contribution in [0.5, 0.6) is 11.5 Å². The number of ether oxygens (including phenoxy) is 1. The fourth-order valence-electron chi connectivity index (χ4n) is 3.26. The number of nitrogens with zero attached hydrogens (tertiary/aromatic N) is 1. The molecule has 1 aliphatic rings. The molecular formula is C22H26N2O3. The molecule has 2 amide bonds. The van der Waals surface area contributed by atoms with Crippen LogP contribution in [0.25, 0.3) is 0 Å². The van der Waals surface area contributed by atoms with Gasteiger partial charge in [-0.1, -0.05) is 37.3 Å². The Morgan fingerprint density at radius 1 is 1.04 bits per heavy atom. The molecular weight excluding hydrogens is 340 g/mol. The lowest BCUT2D eigenvalue weighted by molar-refractivity contribution is -0.126. The molecule has 2 aromatic carbocycles. The Morgan fingerprint density at radius 2 is 1.70 bits per heavy atom. The summed E-state index contributed by atoms with van der Waals surface area (Å²) < 4.78 is 5.91. The summed E-state index contributed by atoms with van der Waals surface area (Å²) in [4.78, 5) is 26.9. The molecule has 0 saturated carbocycles. The van der Waals surface area contributed by atoms with E-state index in [-0.39, 0.29) is 17.7 Å². The zero-order valence-electron chi connectivity index (χ0n) is 15.7. The van der Waals surface area contributed by atoms with Crippen molar-refractivity contribution in [1.82, 2.24) is 10.2 Å². The van der Waals surface area contributed by atoms with Gasteiger partial charge in [0.1, 0.15) is 11.5 Å². The Labute approximate surface area is 160 Å².